The largest absolute Gasteiger partial charge is 0.497 e. The molecule has 0 fully saturated rings. The summed E-state index contributed by atoms with van der Waals surface area (Å²) in [6.07, 6.45) is 1.24. The summed E-state index contributed by atoms with van der Waals surface area (Å²) in [4.78, 5) is 11.5. The fourth-order valence-electron chi connectivity index (χ4n) is 1.61. The van der Waals surface area contributed by atoms with Gasteiger partial charge in [0.05, 0.1) is 13.3 Å². The summed E-state index contributed by atoms with van der Waals surface area (Å²) in [7, 11) is 1.57. The van der Waals surface area contributed by atoms with E-state index in [0.717, 1.165) is 0 Å². The number of benzene rings is 2. The summed E-state index contributed by atoms with van der Waals surface area (Å²) in [6, 6.07) is 13.0. The molecular weight excluding hydrogens is 287 g/mol. The van der Waals surface area contributed by atoms with Crippen molar-refractivity contribution in [3.05, 3.63) is 59.9 Å². The molecule has 1 N–H and O–H groups in total. The average molecular weight is 302 g/mol. The van der Waals surface area contributed by atoms with Gasteiger partial charge in [0.15, 0.2) is 6.61 Å². The molecule has 114 valence electrons. The Morgan fingerprint density at radius 3 is 2.55 bits per heavy atom. The third kappa shape index (κ3) is 4.59. The number of carbonyl (C=O) groups is 1. The summed E-state index contributed by atoms with van der Waals surface area (Å²) in [5.74, 6) is 0.388. The van der Waals surface area contributed by atoms with Crippen LogP contribution in [0.2, 0.25) is 0 Å². The van der Waals surface area contributed by atoms with E-state index in [1.165, 1.54) is 12.3 Å². The van der Waals surface area contributed by atoms with Gasteiger partial charge in [-0.05, 0) is 30.3 Å². The van der Waals surface area contributed by atoms with E-state index in [0.29, 0.717) is 17.1 Å². The van der Waals surface area contributed by atoms with Crippen molar-refractivity contribution in [2.45, 2.75) is 0 Å². The molecule has 0 heterocycles. The van der Waals surface area contributed by atoms with Crippen molar-refractivity contribution in [2.75, 3.05) is 13.7 Å². The van der Waals surface area contributed by atoms with Crippen LogP contribution in [0.4, 0.5) is 4.39 Å². The normalized spacial score (nSPS) is 10.5. The van der Waals surface area contributed by atoms with E-state index >= 15 is 0 Å². The standard InChI is InChI=1S/C16H15FN2O3/c1-21-13-6-8-14(9-7-13)22-11-16(20)19-18-10-12-4-2-3-5-15(12)17/h2-10H,11H2,1H3,(H,19,20)/b18-10+. The molecule has 2 aromatic rings. The lowest BCUT2D eigenvalue weighted by molar-refractivity contribution is -0.123. The molecule has 1 amide bonds. The van der Waals surface area contributed by atoms with Crippen molar-refractivity contribution < 1.29 is 18.7 Å². The van der Waals surface area contributed by atoms with Gasteiger partial charge in [-0.2, -0.15) is 5.10 Å². The van der Waals surface area contributed by atoms with Gasteiger partial charge in [-0.15, -0.1) is 0 Å². The van der Waals surface area contributed by atoms with Crippen molar-refractivity contribution in [2.24, 2.45) is 5.10 Å². The molecule has 0 radical (unpaired) electrons. The van der Waals surface area contributed by atoms with E-state index in [2.05, 4.69) is 10.5 Å². The van der Waals surface area contributed by atoms with E-state index in [9.17, 15) is 9.18 Å². The molecule has 0 aliphatic carbocycles. The number of carbonyl (C=O) groups excluding carboxylic acids is 1. The molecule has 0 aliphatic rings. The fraction of sp³-hybridized carbons (Fsp3) is 0.125. The minimum atomic E-state index is -0.441. The second-order valence-electron chi connectivity index (χ2n) is 4.28. The quantitative estimate of drug-likeness (QED) is 0.658. The molecule has 2 aromatic carbocycles. The molecule has 5 nitrogen and oxygen atoms in total. The molecule has 0 bridgehead atoms. The molecule has 0 aliphatic heterocycles. The highest BCUT2D eigenvalue weighted by atomic mass is 19.1. The van der Waals surface area contributed by atoms with Crippen molar-refractivity contribution in [3.63, 3.8) is 0 Å². The van der Waals surface area contributed by atoms with Crippen LogP contribution in [0.5, 0.6) is 11.5 Å². The zero-order chi connectivity index (χ0) is 15.8. The first-order chi connectivity index (χ1) is 10.7. The van der Waals surface area contributed by atoms with Crippen LogP contribution in [0.15, 0.2) is 53.6 Å². The van der Waals surface area contributed by atoms with Gasteiger partial charge < -0.3 is 9.47 Å². The van der Waals surface area contributed by atoms with Gasteiger partial charge in [-0.3, -0.25) is 4.79 Å². The number of amides is 1. The van der Waals surface area contributed by atoms with Gasteiger partial charge in [0.2, 0.25) is 0 Å². The van der Waals surface area contributed by atoms with Crippen molar-refractivity contribution in [1.29, 1.82) is 0 Å². The highest BCUT2D eigenvalue weighted by Crippen LogP contribution is 2.16. The van der Waals surface area contributed by atoms with E-state index in [1.54, 1.807) is 49.6 Å². The van der Waals surface area contributed by atoms with Crippen LogP contribution in [0.3, 0.4) is 0 Å². The predicted octanol–water partition coefficient (Wildman–Crippen LogP) is 2.36. The third-order valence-corrected chi connectivity index (χ3v) is 2.73. The Morgan fingerprint density at radius 2 is 1.86 bits per heavy atom. The van der Waals surface area contributed by atoms with Crippen LogP contribution in [-0.4, -0.2) is 25.8 Å². The lowest BCUT2D eigenvalue weighted by Gasteiger charge is -2.05. The fourth-order valence-corrected chi connectivity index (χ4v) is 1.61. The van der Waals surface area contributed by atoms with E-state index < -0.39 is 11.7 Å². The third-order valence-electron chi connectivity index (χ3n) is 2.73. The van der Waals surface area contributed by atoms with Crippen LogP contribution in [-0.2, 0) is 4.79 Å². The molecule has 2 rings (SSSR count). The minimum Gasteiger partial charge on any atom is -0.497 e. The monoisotopic (exact) mass is 302 g/mol. The van der Waals surface area contributed by atoms with Crippen molar-refractivity contribution >= 4 is 12.1 Å². The number of methoxy groups -OCH3 is 1. The molecule has 0 saturated carbocycles. The Bertz CT molecular complexity index is 657. The van der Waals surface area contributed by atoms with E-state index in [1.807, 2.05) is 0 Å². The van der Waals surface area contributed by atoms with Crippen LogP contribution in [0, 0.1) is 5.82 Å². The number of hydrogen-bond acceptors (Lipinski definition) is 4. The second-order valence-corrected chi connectivity index (χ2v) is 4.28. The lowest BCUT2D eigenvalue weighted by atomic mass is 10.2. The second kappa shape index (κ2) is 7.78. The highest BCUT2D eigenvalue weighted by molar-refractivity contribution is 5.83. The van der Waals surface area contributed by atoms with Gasteiger partial charge in [-0.25, -0.2) is 9.82 Å². The van der Waals surface area contributed by atoms with Gasteiger partial charge in [0.1, 0.15) is 17.3 Å². The molecule has 0 aromatic heterocycles. The molecule has 6 heteroatoms. The Labute approximate surface area is 127 Å². The first-order valence-electron chi connectivity index (χ1n) is 6.52. The Kier molecular flexibility index (Phi) is 5.48. The smallest absolute Gasteiger partial charge is 0.277 e. The zero-order valence-electron chi connectivity index (χ0n) is 12.0. The highest BCUT2D eigenvalue weighted by Gasteiger charge is 2.02. The number of ether oxygens (including phenoxy) is 2. The van der Waals surface area contributed by atoms with Crippen molar-refractivity contribution in [3.8, 4) is 11.5 Å². The molecule has 0 unspecified atom stereocenters. The predicted molar refractivity (Wildman–Crippen MR) is 80.6 cm³/mol. The zero-order valence-corrected chi connectivity index (χ0v) is 12.0. The molecule has 0 saturated heterocycles. The van der Waals surface area contributed by atoms with Crippen LogP contribution in [0.1, 0.15) is 5.56 Å². The first kappa shape index (κ1) is 15.5. The number of nitrogens with one attached hydrogen (secondary N) is 1. The van der Waals surface area contributed by atoms with Crippen LogP contribution < -0.4 is 14.9 Å². The summed E-state index contributed by atoms with van der Waals surface area (Å²) in [6.45, 7) is -0.194. The Balaban J connectivity index is 1.79. The number of halogens is 1. The SMILES string of the molecule is COc1ccc(OCC(=O)N/N=C/c2ccccc2F)cc1. The Morgan fingerprint density at radius 1 is 1.18 bits per heavy atom. The topological polar surface area (TPSA) is 59.9 Å². The average Bonchev–Trinajstić information content (AvgIpc) is 2.55. The summed E-state index contributed by atoms with van der Waals surface area (Å²) in [5, 5.41) is 3.68. The van der Waals surface area contributed by atoms with Crippen LogP contribution in [0.25, 0.3) is 0 Å². The first-order valence-corrected chi connectivity index (χ1v) is 6.52. The van der Waals surface area contributed by atoms with Crippen LogP contribution >= 0.6 is 0 Å². The summed E-state index contributed by atoms with van der Waals surface area (Å²) < 4.78 is 23.6. The van der Waals surface area contributed by atoms with Gasteiger partial charge in [-0.1, -0.05) is 18.2 Å². The van der Waals surface area contributed by atoms with Gasteiger partial charge in [0, 0.05) is 5.56 Å². The molecule has 0 atom stereocenters. The maximum atomic E-state index is 13.3. The number of nitrogens with zero attached hydrogens (tertiary/aromatic N) is 1. The van der Waals surface area contributed by atoms with Gasteiger partial charge >= 0.3 is 0 Å². The van der Waals surface area contributed by atoms with E-state index in [4.69, 9.17) is 9.47 Å². The Hall–Kier alpha value is -2.89. The summed E-state index contributed by atoms with van der Waals surface area (Å²) >= 11 is 0. The number of hydrogen-bond donors (Lipinski definition) is 1. The molecule has 0 spiro atoms. The lowest BCUT2D eigenvalue weighted by Crippen LogP contribution is -2.24. The molecule has 22 heavy (non-hydrogen) atoms. The van der Waals surface area contributed by atoms with Gasteiger partial charge in [0.25, 0.3) is 5.91 Å². The maximum absolute atomic E-state index is 13.3. The molecular formula is C16H15FN2O3. The number of hydrazone groups is 1. The maximum Gasteiger partial charge on any atom is 0.277 e. The summed E-state index contributed by atoms with van der Waals surface area (Å²) in [5.41, 5.74) is 2.56. The number of rotatable bonds is 6. The van der Waals surface area contributed by atoms with Crippen molar-refractivity contribution in [1.82, 2.24) is 5.43 Å². The van der Waals surface area contributed by atoms with E-state index in [-0.39, 0.29) is 6.61 Å². The minimum absolute atomic E-state index is 0.194.